The van der Waals surface area contributed by atoms with Gasteiger partial charge in [0.25, 0.3) is 0 Å². The van der Waals surface area contributed by atoms with Gasteiger partial charge in [0.05, 0.1) is 11.9 Å². The molecule has 0 fully saturated rings. The van der Waals surface area contributed by atoms with E-state index in [-0.39, 0.29) is 11.8 Å². The van der Waals surface area contributed by atoms with Crippen molar-refractivity contribution in [1.29, 1.82) is 0 Å². The quantitative estimate of drug-likeness (QED) is 0.604. The summed E-state index contributed by atoms with van der Waals surface area (Å²) in [6.45, 7) is 3.61. The van der Waals surface area contributed by atoms with Crippen LogP contribution in [0.4, 0.5) is 11.5 Å². The number of hydrogen-bond donors (Lipinski definition) is 3. The molecular formula is C7H12N4O. The largest absolute Gasteiger partial charge is 0.394 e. The molecule has 0 saturated heterocycles. The molecule has 0 aromatic carbocycles. The van der Waals surface area contributed by atoms with Crippen LogP contribution in [0.1, 0.15) is 13.8 Å². The van der Waals surface area contributed by atoms with Crippen LogP contribution in [0.3, 0.4) is 0 Å². The highest BCUT2D eigenvalue weighted by Gasteiger charge is 2.09. The van der Waals surface area contributed by atoms with Gasteiger partial charge < -0.3 is 11.1 Å². The molecule has 5 heteroatoms. The van der Waals surface area contributed by atoms with Gasteiger partial charge >= 0.3 is 0 Å². The molecule has 0 saturated carbocycles. The number of aromatic amines is 1. The summed E-state index contributed by atoms with van der Waals surface area (Å²) < 4.78 is 0. The van der Waals surface area contributed by atoms with Crippen LogP contribution >= 0.6 is 0 Å². The number of nitrogens with one attached hydrogen (secondary N) is 2. The molecular weight excluding hydrogens is 156 g/mol. The molecule has 1 amide bonds. The molecule has 0 aliphatic rings. The molecule has 1 rings (SSSR count). The molecule has 4 N–H and O–H groups in total. The van der Waals surface area contributed by atoms with E-state index < -0.39 is 0 Å². The van der Waals surface area contributed by atoms with E-state index in [1.807, 2.05) is 13.8 Å². The van der Waals surface area contributed by atoms with Crippen LogP contribution in [0.2, 0.25) is 0 Å². The van der Waals surface area contributed by atoms with Gasteiger partial charge in [-0.05, 0) is 0 Å². The third kappa shape index (κ3) is 1.75. The molecule has 0 unspecified atom stereocenters. The maximum atomic E-state index is 11.1. The second-order valence-electron chi connectivity index (χ2n) is 2.84. The lowest BCUT2D eigenvalue weighted by molar-refractivity contribution is -0.118. The summed E-state index contributed by atoms with van der Waals surface area (Å²) in [5.41, 5.74) is 5.93. The summed E-state index contributed by atoms with van der Waals surface area (Å²) in [5, 5.41) is 8.86. The lowest BCUT2D eigenvalue weighted by atomic mass is 10.2. The topological polar surface area (TPSA) is 83.8 Å². The number of nitrogens with two attached hydrogens (primary N) is 1. The Balaban J connectivity index is 2.64. The zero-order chi connectivity index (χ0) is 9.14. The van der Waals surface area contributed by atoms with E-state index >= 15 is 0 Å². The van der Waals surface area contributed by atoms with Crippen molar-refractivity contribution in [1.82, 2.24) is 10.2 Å². The minimum absolute atomic E-state index is 0.0623. The lowest BCUT2D eigenvalue weighted by Crippen LogP contribution is -2.18. The molecule has 0 aliphatic carbocycles. The Morgan fingerprint density at radius 3 is 2.83 bits per heavy atom. The Bertz CT molecular complexity index is 279. The fourth-order valence-corrected chi connectivity index (χ4v) is 0.663. The first-order valence-corrected chi connectivity index (χ1v) is 3.71. The van der Waals surface area contributed by atoms with E-state index in [1.54, 1.807) is 0 Å². The number of carbonyl (C=O) groups excluding carboxylic acids is 1. The highest BCUT2D eigenvalue weighted by molar-refractivity contribution is 5.93. The summed E-state index contributed by atoms with van der Waals surface area (Å²) in [5.74, 6) is 0.326. The van der Waals surface area contributed by atoms with Crippen LogP contribution in [0.5, 0.6) is 0 Å². The number of nitrogens with zero attached hydrogens (tertiary/aromatic N) is 1. The molecule has 66 valence electrons. The van der Waals surface area contributed by atoms with Crippen molar-refractivity contribution in [3.05, 3.63) is 6.20 Å². The number of aromatic nitrogens is 2. The minimum atomic E-state index is -0.0778. The molecule has 12 heavy (non-hydrogen) atoms. The van der Waals surface area contributed by atoms with Crippen LogP contribution in [0.15, 0.2) is 6.20 Å². The van der Waals surface area contributed by atoms with Crippen LogP contribution in [0.25, 0.3) is 0 Å². The van der Waals surface area contributed by atoms with E-state index in [0.717, 1.165) is 0 Å². The number of H-pyrrole nitrogens is 1. The van der Waals surface area contributed by atoms with Gasteiger partial charge in [-0.2, -0.15) is 5.10 Å². The number of rotatable bonds is 2. The Labute approximate surface area is 70.3 Å². The van der Waals surface area contributed by atoms with Crippen LogP contribution in [0, 0.1) is 5.92 Å². The molecule has 0 atom stereocenters. The molecule has 0 radical (unpaired) electrons. The third-order valence-electron chi connectivity index (χ3n) is 1.44. The van der Waals surface area contributed by atoms with Crippen molar-refractivity contribution in [3.8, 4) is 0 Å². The second kappa shape index (κ2) is 3.25. The van der Waals surface area contributed by atoms with Crippen molar-refractivity contribution in [2.24, 2.45) is 5.92 Å². The van der Waals surface area contributed by atoms with Crippen molar-refractivity contribution in [2.75, 3.05) is 11.1 Å². The first-order valence-electron chi connectivity index (χ1n) is 3.71. The van der Waals surface area contributed by atoms with Crippen molar-refractivity contribution >= 4 is 17.4 Å². The predicted molar refractivity (Wildman–Crippen MR) is 46.5 cm³/mol. The summed E-state index contributed by atoms with van der Waals surface area (Å²) in [6.07, 6.45) is 1.45. The Morgan fingerprint density at radius 2 is 2.42 bits per heavy atom. The first-order chi connectivity index (χ1) is 5.61. The molecule has 1 heterocycles. The molecule has 1 aromatic rings. The van der Waals surface area contributed by atoms with Crippen LogP contribution < -0.4 is 11.1 Å². The summed E-state index contributed by atoms with van der Waals surface area (Å²) in [7, 11) is 0. The van der Waals surface area contributed by atoms with Gasteiger partial charge in [0.1, 0.15) is 0 Å². The van der Waals surface area contributed by atoms with E-state index in [2.05, 4.69) is 15.5 Å². The van der Waals surface area contributed by atoms with Gasteiger partial charge in [-0.3, -0.25) is 9.89 Å². The predicted octanol–water partition coefficient (Wildman–Crippen LogP) is 0.586. The molecule has 1 aromatic heterocycles. The highest BCUT2D eigenvalue weighted by atomic mass is 16.1. The smallest absolute Gasteiger partial charge is 0.228 e. The fourth-order valence-electron chi connectivity index (χ4n) is 0.663. The number of amides is 1. The fraction of sp³-hybridized carbons (Fsp3) is 0.429. The van der Waals surface area contributed by atoms with E-state index in [1.165, 1.54) is 6.20 Å². The minimum Gasteiger partial charge on any atom is -0.394 e. The monoisotopic (exact) mass is 168 g/mol. The summed E-state index contributed by atoms with van der Waals surface area (Å²) >= 11 is 0. The SMILES string of the molecule is CC(C)C(=O)Nc1[nH]ncc1N. The zero-order valence-electron chi connectivity index (χ0n) is 7.09. The highest BCUT2D eigenvalue weighted by Crippen LogP contribution is 2.12. The maximum absolute atomic E-state index is 11.1. The average Bonchev–Trinajstić information content (AvgIpc) is 2.36. The maximum Gasteiger partial charge on any atom is 0.228 e. The molecule has 5 nitrogen and oxygen atoms in total. The Morgan fingerprint density at radius 1 is 1.75 bits per heavy atom. The van der Waals surface area contributed by atoms with Crippen molar-refractivity contribution in [3.63, 3.8) is 0 Å². The summed E-state index contributed by atoms with van der Waals surface area (Å²) in [6, 6.07) is 0. The van der Waals surface area contributed by atoms with Gasteiger partial charge in [-0.15, -0.1) is 0 Å². The van der Waals surface area contributed by atoms with Crippen molar-refractivity contribution in [2.45, 2.75) is 13.8 Å². The number of carbonyl (C=O) groups is 1. The normalized spacial score (nSPS) is 10.2. The Kier molecular flexibility index (Phi) is 2.32. The zero-order valence-corrected chi connectivity index (χ0v) is 7.09. The number of hydrogen-bond acceptors (Lipinski definition) is 3. The van der Waals surface area contributed by atoms with Gasteiger partial charge in [0.15, 0.2) is 5.82 Å². The van der Waals surface area contributed by atoms with Crippen LogP contribution in [-0.4, -0.2) is 16.1 Å². The van der Waals surface area contributed by atoms with Gasteiger partial charge in [0.2, 0.25) is 5.91 Å². The second-order valence-corrected chi connectivity index (χ2v) is 2.84. The third-order valence-corrected chi connectivity index (χ3v) is 1.44. The van der Waals surface area contributed by atoms with Gasteiger partial charge in [-0.1, -0.05) is 13.8 Å². The average molecular weight is 168 g/mol. The van der Waals surface area contributed by atoms with E-state index in [4.69, 9.17) is 5.73 Å². The molecule has 0 bridgehead atoms. The lowest BCUT2D eigenvalue weighted by Gasteiger charge is -2.05. The number of nitrogen functional groups attached to an aromatic ring is 1. The van der Waals surface area contributed by atoms with Gasteiger partial charge in [-0.25, -0.2) is 0 Å². The molecule has 0 spiro atoms. The van der Waals surface area contributed by atoms with Gasteiger partial charge in [0, 0.05) is 5.92 Å². The molecule has 0 aliphatic heterocycles. The Hall–Kier alpha value is -1.52. The summed E-state index contributed by atoms with van der Waals surface area (Å²) in [4.78, 5) is 11.1. The number of anilines is 2. The first kappa shape index (κ1) is 8.58. The van der Waals surface area contributed by atoms with E-state index in [0.29, 0.717) is 11.5 Å². The standard InChI is InChI=1S/C7H12N4O/c1-4(2)7(12)10-6-5(8)3-9-11-6/h3-4H,8H2,1-2H3,(H2,9,10,11,12). The van der Waals surface area contributed by atoms with Crippen LogP contribution in [-0.2, 0) is 4.79 Å². The van der Waals surface area contributed by atoms with E-state index in [9.17, 15) is 4.79 Å². The van der Waals surface area contributed by atoms with Crippen molar-refractivity contribution < 1.29 is 4.79 Å².